The summed E-state index contributed by atoms with van der Waals surface area (Å²) in [5.41, 5.74) is 0.0168. The van der Waals surface area contributed by atoms with Gasteiger partial charge in [-0.25, -0.2) is 4.79 Å². The van der Waals surface area contributed by atoms with Crippen molar-refractivity contribution in [2.75, 3.05) is 32.8 Å². The maximum Gasteiger partial charge on any atom is 0.407 e. The number of fused-ring (bicyclic) bond motifs is 1. The second-order valence-corrected chi connectivity index (χ2v) is 9.91. The zero-order chi connectivity index (χ0) is 22.6. The van der Waals surface area contributed by atoms with Crippen molar-refractivity contribution in [3.63, 3.8) is 0 Å². The number of likely N-dealkylation sites (tertiary alicyclic amines) is 1. The average Bonchev–Trinajstić information content (AvgIpc) is 3.16. The normalized spacial score (nSPS) is 23.7. The Balaban J connectivity index is 1.62. The molecule has 0 unspecified atom stereocenters. The number of nitrogens with one attached hydrogen (secondary N) is 1. The van der Waals surface area contributed by atoms with E-state index < -0.39 is 17.1 Å². The maximum atomic E-state index is 13.5. The van der Waals surface area contributed by atoms with Crippen LogP contribution in [0.5, 0.6) is 0 Å². The molecule has 0 aromatic heterocycles. The highest BCUT2D eigenvalue weighted by Crippen LogP contribution is 2.30. The molecule has 2 aliphatic heterocycles. The van der Waals surface area contributed by atoms with Crippen molar-refractivity contribution < 1.29 is 19.1 Å². The first-order chi connectivity index (χ1) is 14.6. The number of carbonyl (C=O) groups excluding carboxylic acids is 2. The third-order valence-corrected chi connectivity index (χ3v) is 6.25. The molecular weight excluding hydrogens is 394 g/mol. The smallest absolute Gasteiger partial charge is 0.407 e. The first-order valence-electron chi connectivity index (χ1n) is 11.3. The van der Waals surface area contributed by atoms with Gasteiger partial charge in [-0.2, -0.15) is 0 Å². The van der Waals surface area contributed by atoms with E-state index in [1.54, 1.807) is 0 Å². The summed E-state index contributed by atoms with van der Waals surface area (Å²) in [5, 5.41) is 2.79. The highest BCUT2D eigenvalue weighted by atomic mass is 16.6. The van der Waals surface area contributed by atoms with Crippen molar-refractivity contribution in [1.82, 2.24) is 15.1 Å². The van der Waals surface area contributed by atoms with Crippen LogP contribution >= 0.6 is 0 Å². The number of nitrogens with zero attached hydrogens (tertiary/aromatic N) is 2. The van der Waals surface area contributed by atoms with E-state index in [4.69, 9.17) is 9.47 Å². The molecule has 1 N–H and O–H groups in total. The Morgan fingerprint density at radius 2 is 1.87 bits per heavy atom. The van der Waals surface area contributed by atoms with E-state index in [-0.39, 0.29) is 24.6 Å². The Labute approximate surface area is 186 Å². The van der Waals surface area contributed by atoms with Gasteiger partial charge in [-0.1, -0.05) is 37.3 Å². The van der Waals surface area contributed by atoms with Crippen LogP contribution in [0.3, 0.4) is 0 Å². The van der Waals surface area contributed by atoms with Crippen molar-refractivity contribution in [2.45, 2.75) is 65.3 Å². The Bertz CT molecular complexity index is 764. The molecule has 2 saturated heterocycles. The van der Waals surface area contributed by atoms with Gasteiger partial charge in [0.15, 0.2) is 0 Å². The fourth-order valence-corrected chi connectivity index (χ4v) is 4.25. The lowest BCUT2D eigenvalue weighted by atomic mass is 9.85. The molecule has 2 amide bonds. The lowest BCUT2D eigenvalue weighted by Crippen LogP contribution is -2.50. The summed E-state index contributed by atoms with van der Waals surface area (Å²) in [7, 11) is 0. The molecule has 1 aromatic rings. The van der Waals surface area contributed by atoms with Crippen LogP contribution in [-0.4, -0.2) is 72.3 Å². The van der Waals surface area contributed by atoms with Gasteiger partial charge in [0.05, 0.1) is 24.2 Å². The number of hydrogen-bond acceptors (Lipinski definition) is 5. The van der Waals surface area contributed by atoms with Crippen molar-refractivity contribution in [1.29, 1.82) is 0 Å². The minimum atomic E-state index is -0.686. The van der Waals surface area contributed by atoms with Crippen LogP contribution in [-0.2, 0) is 20.8 Å². The molecule has 3 rings (SSSR count). The Morgan fingerprint density at radius 3 is 2.52 bits per heavy atom. The number of carbonyl (C=O) groups is 2. The Morgan fingerprint density at radius 1 is 1.16 bits per heavy atom. The van der Waals surface area contributed by atoms with Gasteiger partial charge >= 0.3 is 6.09 Å². The zero-order valence-corrected chi connectivity index (χ0v) is 19.5. The minimum Gasteiger partial charge on any atom is -0.444 e. The molecule has 0 spiro atoms. The van der Waals surface area contributed by atoms with Crippen molar-refractivity contribution in [2.24, 2.45) is 5.41 Å². The average molecular weight is 432 g/mol. The van der Waals surface area contributed by atoms with Crippen LogP contribution < -0.4 is 5.32 Å². The van der Waals surface area contributed by atoms with Crippen LogP contribution in [0.25, 0.3) is 0 Å². The second-order valence-electron chi connectivity index (χ2n) is 9.91. The molecule has 3 atom stereocenters. The van der Waals surface area contributed by atoms with E-state index in [1.165, 1.54) is 5.56 Å². The summed E-state index contributed by atoms with van der Waals surface area (Å²) in [6.45, 7) is 13.3. The van der Waals surface area contributed by atoms with E-state index >= 15 is 0 Å². The molecule has 2 fully saturated rings. The molecule has 7 heteroatoms. The first kappa shape index (κ1) is 23.5. The number of amides is 2. The second kappa shape index (κ2) is 9.57. The first-order valence-corrected chi connectivity index (χ1v) is 11.3. The fraction of sp³-hybridized carbons (Fsp3) is 0.667. The molecule has 2 heterocycles. The lowest BCUT2D eigenvalue weighted by molar-refractivity contribution is -0.140. The third kappa shape index (κ3) is 5.98. The summed E-state index contributed by atoms with van der Waals surface area (Å²) in [6.07, 6.45) is 0.163. The molecule has 0 radical (unpaired) electrons. The minimum absolute atomic E-state index is 0.0290. The highest BCUT2D eigenvalue weighted by Gasteiger charge is 2.45. The van der Waals surface area contributed by atoms with E-state index in [0.29, 0.717) is 26.1 Å². The standard InChI is InChI=1S/C24H37N3O4/c1-6-24(5,17-25-22(29)31-23(2,3)4)21(28)27-15-19-20(16-27)30-13-12-26(19)14-18-10-8-7-9-11-18/h7-11,19-20H,6,12-17H2,1-5H3,(H,25,29)/t19-,20+,24-/m1/s1. The third-order valence-electron chi connectivity index (χ3n) is 6.25. The number of morpholine rings is 1. The quantitative estimate of drug-likeness (QED) is 0.750. The van der Waals surface area contributed by atoms with Gasteiger partial charge in [0.25, 0.3) is 0 Å². The van der Waals surface area contributed by atoms with Gasteiger partial charge in [-0.05, 0) is 39.7 Å². The van der Waals surface area contributed by atoms with E-state index in [2.05, 4.69) is 34.5 Å². The summed E-state index contributed by atoms with van der Waals surface area (Å²) in [5.74, 6) is 0.0590. The van der Waals surface area contributed by atoms with Crippen LogP contribution in [0, 0.1) is 5.41 Å². The monoisotopic (exact) mass is 431 g/mol. The molecule has 7 nitrogen and oxygen atoms in total. The van der Waals surface area contributed by atoms with Crippen LogP contribution in [0.1, 0.15) is 46.6 Å². The number of alkyl carbamates (subject to hydrolysis) is 1. The van der Waals surface area contributed by atoms with Gasteiger partial charge < -0.3 is 19.7 Å². The maximum absolute atomic E-state index is 13.5. The largest absolute Gasteiger partial charge is 0.444 e. The molecule has 1 aromatic carbocycles. The van der Waals surface area contributed by atoms with Gasteiger partial charge in [0.2, 0.25) is 5.91 Å². The van der Waals surface area contributed by atoms with Crippen molar-refractivity contribution in [3.05, 3.63) is 35.9 Å². The van der Waals surface area contributed by atoms with Crippen LogP contribution in [0.4, 0.5) is 4.79 Å². The Kier molecular flexibility index (Phi) is 7.27. The van der Waals surface area contributed by atoms with Gasteiger partial charge in [-0.15, -0.1) is 0 Å². The van der Waals surface area contributed by atoms with Crippen LogP contribution in [0.2, 0.25) is 0 Å². The number of hydrogen-bond donors (Lipinski definition) is 1. The summed E-state index contributed by atoms with van der Waals surface area (Å²) in [6, 6.07) is 10.6. The SMILES string of the molecule is CC[C@](C)(CNC(=O)OC(C)(C)C)C(=O)N1C[C@@H]2OCCN(Cc3ccccc3)[C@@H]2C1. The van der Waals surface area contributed by atoms with Gasteiger partial charge in [-0.3, -0.25) is 9.69 Å². The summed E-state index contributed by atoms with van der Waals surface area (Å²) < 4.78 is 11.4. The molecule has 2 aliphatic rings. The highest BCUT2D eigenvalue weighted by molar-refractivity contribution is 5.83. The van der Waals surface area contributed by atoms with Gasteiger partial charge in [0, 0.05) is 32.7 Å². The van der Waals surface area contributed by atoms with Crippen molar-refractivity contribution in [3.8, 4) is 0 Å². The molecule has 0 saturated carbocycles. The predicted molar refractivity (Wildman–Crippen MR) is 120 cm³/mol. The summed E-state index contributed by atoms with van der Waals surface area (Å²) >= 11 is 0. The van der Waals surface area contributed by atoms with E-state index in [0.717, 1.165) is 13.1 Å². The number of rotatable bonds is 6. The zero-order valence-electron chi connectivity index (χ0n) is 19.5. The van der Waals surface area contributed by atoms with Crippen LogP contribution in [0.15, 0.2) is 30.3 Å². The molecule has 31 heavy (non-hydrogen) atoms. The fourth-order valence-electron chi connectivity index (χ4n) is 4.25. The summed E-state index contributed by atoms with van der Waals surface area (Å²) in [4.78, 5) is 29.9. The predicted octanol–water partition coefficient (Wildman–Crippen LogP) is 3.04. The number of ether oxygens (including phenoxy) is 2. The molecule has 0 aliphatic carbocycles. The lowest BCUT2D eigenvalue weighted by Gasteiger charge is -2.36. The topological polar surface area (TPSA) is 71.1 Å². The number of benzene rings is 1. The Hall–Kier alpha value is -2.12. The molecule has 0 bridgehead atoms. The van der Waals surface area contributed by atoms with E-state index in [9.17, 15) is 9.59 Å². The van der Waals surface area contributed by atoms with Crippen molar-refractivity contribution >= 4 is 12.0 Å². The van der Waals surface area contributed by atoms with Gasteiger partial charge in [0.1, 0.15) is 5.60 Å². The molecule has 172 valence electrons. The van der Waals surface area contributed by atoms with E-state index in [1.807, 2.05) is 45.6 Å². The molecular formula is C24H37N3O4.